The van der Waals surface area contributed by atoms with E-state index in [9.17, 15) is 14.0 Å². The molecular formula is C31H28ClF3N6O3S. The summed E-state index contributed by atoms with van der Waals surface area (Å²) in [6.07, 6.45) is 1.34. The Balaban J connectivity index is 1.36. The van der Waals surface area contributed by atoms with E-state index in [2.05, 4.69) is 9.88 Å². The third kappa shape index (κ3) is 4.33. The number of ether oxygens (including phenoxy) is 3. The number of anilines is 2. The molecule has 234 valence electrons. The summed E-state index contributed by atoms with van der Waals surface area (Å²) in [5.41, 5.74) is 5.61. The summed E-state index contributed by atoms with van der Waals surface area (Å²) in [6.45, 7) is 2.03. The normalized spacial score (nSPS) is 26.0. The van der Waals surface area contributed by atoms with Crippen LogP contribution < -0.4 is 20.1 Å². The summed E-state index contributed by atoms with van der Waals surface area (Å²) >= 11 is 7.94. The number of nitrogens with zero attached hydrogens (tertiary/aromatic N) is 5. The van der Waals surface area contributed by atoms with Crippen molar-refractivity contribution in [3.63, 3.8) is 0 Å². The van der Waals surface area contributed by atoms with Gasteiger partial charge in [-0.15, -0.1) is 11.3 Å². The highest BCUT2D eigenvalue weighted by Crippen LogP contribution is 2.51. The molecule has 14 heteroatoms. The number of fused-ring (bicyclic) bond motifs is 4. The van der Waals surface area contributed by atoms with Gasteiger partial charge in [-0.3, -0.25) is 4.90 Å². The van der Waals surface area contributed by atoms with Gasteiger partial charge in [0, 0.05) is 37.4 Å². The number of benzene rings is 2. The van der Waals surface area contributed by atoms with Gasteiger partial charge < -0.3 is 24.8 Å². The highest BCUT2D eigenvalue weighted by molar-refractivity contribution is 7.23. The number of alkyl halides is 1. The lowest BCUT2D eigenvalue weighted by Gasteiger charge is -2.39. The molecule has 45 heavy (non-hydrogen) atoms. The maximum Gasteiger partial charge on any atom is 0.319 e. The molecule has 4 atom stereocenters. The van der Waals surface area contributed by atoms with Crippen LogP contribution in [0.15, 0.2) is 12.1 Å². The van der Waals surface area contributed by atoms with Gasteiger partial charge in [-0.25, -0.2) is 13.2 Å². The summed E-state index contributed by atoms with van der Waals surface area (Å²) in [4.78, 5) is 13.3. The number of hydrogen-bond acceptors (Lipinski definition) is 10. The largest absolute Gasteiger partial charge is 0.485 e. The number of nitrogens with two attached hydrogens (primary N) is 1. The molecule has 0 spiro atoms. The van der Waals surface area contributed by atoms with Crippen molar-refractivity contribution in [3.05, 3.63) is 34.4 Å². The molecule has 0 saturated carbocycles. The fraction of sp³-hybridized carbons (Fsp3) is 0.452. The zero-order valence-corrected chi connectivity index (χ0v) is 25.8. The lowest BCUT2D eigenvalue weighted by atomic mass is 9.95. The van der Waals surface area contributed by atoms with Crippen LogP contribution in [-0.4, -0.2) is 78.7 Å². The average molecular weight is 657 g/mol. The van der Waals surface area contributed by atoms with Gasteiger partial charge in [0.2, 0.25) is 0 Å². The van der Waals surface area contributed by atoms with Gasteiger partial charge in [0.05, 0.1) is 45.5 Å². The van der Waals surface area contributed by atoms with Crippen LogP contribution in [0.3, 0.4) is 0 Å². The van der Waals surface area contributed by atoms with Crippen molar-refractivity contribution in [3.8, 4) is 29.0 Å². The first kappa shape index (κ1) is 28.9. The van der Waals surface area contributed by atoms with Crippen LogP contribution in [0, 0.1) is 23.0 Å². The maximum atomic E-state index is 17.1. The standard InChI is InChI=1S/C31H28ClF3N6O3S/c1-40-15-7-16(12-42-11-15)44-26-22-25(38-30(39-29(22)40)43-13-31-5-2-6-41(31)10-14(33)8-31)24(35)21(23(26)32)17-3-4-19(34)27-20(17)18(9-36)28(37)45-27/h3-4,14-16H,2,5-8,10-13,37H2,1H3/t14-,15?,16?,31+/m1/s1. The molecule has 2 aromatic carbocycles. The molecule has 4 aromatic rings. The van der Waals surface area contributed by atoms with Crippen molar-refractivity contribution >= 4 is 54.7 Å². The number of rotatable bonds is 4. The first-order valence-corrected chi connectivity index (χ1v) is 16.0. The van der Waals surface area contributed by atoms with Crippen molar-refractivity contribution in [2.75, 3.05) is 50.6 Å². The molecule has 0 aliphatic carbocycles. The van der Waals surface area contributed by atoms with Crippen molar-refractivity contribution in [1.82, 2.24) is 14.9 Å². The second-order valence-electron chi connectivity index (χ2n) is 12.3. The fourth-order valence-electron chi connectivity index (χ4n) is 7.52. The molecule has 6 heterocycles. The highest BCUT2D eigenvalue weighted by Gasteiger charge is 2.49. The van der Waals surface area contributed by atoms with Gasteiger partial charge in [0.1, 0.15) is 47.1 Å². The van der Waals surface area contributed by atoms with Crippen LogP contribution in [0.4, 0.5) is 24.0 Å². The Morgan fingerprint density at radius 2 is 2.11 bits per heavy atom. The molecule has 2 bridgehead atoms. The van der Waals surface area contributed by atoms with E-state index in [0.717, 1.165) is 30.7 Å². The molecule has 2 aromatic heterocycles. The zero-order chi connectivity index (χ0) is 31.2. The Labute approximate surface area is 265 Å². The third-order valence-corrected chi connectivity index (χ3v) is 11.1. The summed E-state index contributed by atoms with van der Waals surface area (Å²) < 4.78 is 65.1. The molecule has 4 aliphatic heterocycles. The molecule has 0 amide bonds. The van der Waals surface area contributed by atoms with Crippen molar-refractivity contribution < 1.29 is 27.4 Å². The SMILES string of the molecule is CN1c2nc(OC[C@@]34CCCN3C[C@H](F)C4)nc3c(F)c(-c4ccc(F)c5sc(N)c(C#N)c45)c(Cl)c(c23)OC2COCC1C2. The Bertz CT molecular complexity index is 1940. The average Bonchev–Trinajstić information content (AvgIpc) is 3.67. The monoisotopic (exact) mass is 656 g/mol. The van der Waals surface area contributed by atoms with E-state index < -0.39 is 29.4 Å². The number of likely N-dealkylation sites (N-methyl/N-ethyl adjacent to an activating group) is 1. The van der Waals surface area contributed by atoms with Crippen LogP contribution in [0.2, 0.25) is 5.02 Å². The van der Waals surface area contributed by atoms with Crippen LogP contribution in [0.1, 0.15) is 31.2 Å². The van der Waals surface area contributed by atoms with Gasteiger partial charge in [0.25, 0.3) is 0 Å². The lowest BCUT2D eigenvalue weighted by Crippen LogP contribution is -2.47. The molecule has 0 radical (unpaired) electrons. The minimum Gasteiger partial charge on any atom is -0.485 e. The smallest absolute Gasteiger partial charge is 0.319 e. The van der Waals surface area contributed by atoms with Crippen molar-refractivity contribution in [2.45, 2.75) is 49.5 Å². The predicted octanol–water partition coefficient (Wildman–Crippen LogP) is 5.84. The predicted molar refractivity (Wildman–Crippen MR) is 165 cm³/mol. The Morgan fingerprint density at radius 1 is 1.27 bits per heavy atom. The number of thiophene rings is 1. The van der Waals surface area contributed by atoms with E-state index in [1.807, 2.05) is 18.0 Å². The number of nitrogen functional groups attached to an aromatic ring is 1. The first-order valence-electron chi connectivity index (χ1n) is 14.8. The quantitative estimate of drug-likeness (QED) is 0.290. The highest BCUT2D eigenvalue weighted by atomic mass is 35.5. The molecular weight excluding hydrogens is 629 g/mol. The van der Waals surface area contributed by atoms with Crippen molar-refractivity contribution in [2.24, 2.45) is 0 Å². The Kier molecular flexibility index (Phi) is 6.73. The zero-order valence-electron chi connectivity index (χ0n) is 24.2. The van der Waals surface area contributed by atoms with Gasteiger partial charge in [-0.1, -0.05) is 17.7 Å². The third-order valence-electron chi connectivity index (χ3n) is 9.69. The van der Waals surface area contributed by atoms with E-state index in [4.69, 9.17) is 36.5 Å². The lowest BCUT2D eigenvalue weighted by molar-refractivity contribution is -0.00470. The molecule has 3 fully saturated rings. The molecule has 4 aliphatic rings. The van der Waals surface area contributed by atoms with Gasteiger partial charge in [0.15, 0.2) is 11.6 Å². The summed E-state index contributed by atoms with van der Waals surface area (Å²) in [5, 5.41) is 10.4. The van der Waals surface area contributed by atoms with E-state index >= 15 is 4.39 Å². The molecule has 2 unspecified atom stereocenters. The number of aromatic nitrogens is 2. The van der Waals surface area contributed by atoms with E-state index in [0.29, 0.717) is 38.4 Å². The molecule has 3 saturated heterocycles. The summed E-state index contributed by atoms with van der Waals surface area (Å²) in [7, 11) is 1.84. The first-order chi connectivity index (χ1) is 21.7. The summed E-state index contributed by atoms with van der Waals surface area (Å²) in [5.74, 6) is -0.895. The number of halogens is 4. The van der Waals surface area contributed by atoms with Gasteiger partial charge in [-0.05, 0) is 31.0 Å². The maximum absolute atomic E-state index is 17.1. The van der Waals surface area contributed by atoms with Crippen LogP contribution >= 0.6 is 22.9 Å². The molecule has 2 N–H and O–H groups in total. The topological polar surface area (TPSA) is 110 Å². The fourth-order valence-corrected chi connectivity index (χ4v) is 8.80. The van der Waals surface area contributed by atoms with E-state index in [1.165, 1.54) is 12.1 Å². The van der Waals surface area contributed by atoms with E-state index in [1.54, 1.807) is 0 Å². The minimum absolute atomic E-state index is 0.0300. The Morgan fingerprint density at radius 3 is 2.93 bits per heavy atom. The van der Waals surface area contributed by atoms with Gasteiger partial charge >= 0.3 is 6.01 Å². The van der Waals surface area contributed by atoms with Crippen LogP contribution in [0.5, 0.6) is 11.8 Å². The second kappa shape index (κ2) is 10.5. The second-order valence-corrected chi connectivity index (χ2v) is 13.7. The minimum atomic E-state index is -0.941. The Hall–Kier alpha value is -3.57. The molecule has 9 nitrogen and oxygen atoms in total. The van der Waals surface area contributed by atoms with Crippen LogP contribution in [-0.2, 0) is 4.74 Å². The van der Waals surface area contributed by atoms with E-state index in [-0.39, 0.29) is 72.1 Å². The molecule has 8 rings (SSSR count). The number of nitriles is 1. The summed E-state index contributed by atoms with van der Waals surface area (Å²) in [6, 6.07) is 4.41. The van der Waals surface area contributed by atoms with Crippen LogP contribution in [0.25, 0.3) is 32.1 Å². The van der Waals surface area contributed by atoms with Gasteiger partial charge in [-0.2, -0.15) is 15.2 Å². The van der Waals surface area contributed by atoms with Crippen molar-refractivity contribution in [1.29, 1.82) is 5.26 Å². The number of hydrogen-bond donors (Lipinski definition) is 1.